The molecule has 4 unspecified atom stereocenters. The van der Waals surface area contributed by atoms with Crippen molar-refractivity contribution in [3.05, 3.63) is 24.3 Å². The van der Waals surface area contributed by atoms with E-state index in [0.717, 1.165) is 23.3 Å². The van der Waals surface area contributed by atoms with Crippen LogP contribution >= 0.6 is 0 Å². The molecule has 0 aromatic rings. The molecule has 2 N–H and O–H groups in total. The van der Waals surface area contributed by atoms with Crippen LogP contribution in [0.25, 0.3) is 0 Å². The van der Waals surface area contributed by atoms with Crippen molar-refractivity contribution in [1.29, 1.82) is 0 Å². The Morgan fingerprint density at radius 3 is 2.50 bits per heavy atom. The number of hydrogen-bond acceptors (Lipinski definition) is 1. The van der Waals surface area contributed by atoms with Crippen molar-refractivity contribution in [2.45, 2.75) is 32.0 Å². The van der Waals surface area contributed by atoms with E-state index in [1.54, 1.807) is 0 Å². The van der Waals surface area contributed by atoms with Gasteiger partial charge in [-0.2, -0.15) is 0 Å². The van der Waals surface area contributed by atoms with Gasteiger partial charge in [0, 0.05) is 0 Å². The van der Waals surface area contributed by atoms with Gasteiger partial charge in [0.05, 0.1) is 0 Å². The maximum atomic E-state index is 6.42. The number of rotatable bonds is 1. The van der Waals surface area contributed by atoms with E-state index in [9.17, 15) is 0 Å². The van der Waals surface area contributed by atoms with Gasteiger partial charge in [-0.15, -0.1) is 0 Å². The first-order valence-corrected chi connectivity index (χ1v) is 8.79. The van der Waals surface area contributed by atoms with Crippen molar-refractivity contribution in [2.24, 2.45) is 23.2 Å². The van der Waals surface area contributed by atoms with Gasteiger partial charge in [0.15, 0.2) is 0 Å². The van der Waals surface area contributed by atoms with E-state index in [1.165, 1.54) is 6.42 Å². The van der Waals surface area contributed by atoms with Crippen LogP contribution in [0.2, 0.25) is 18.6 Å². The van der Waals surface area contributed by atoms with E-state index in [4.69, 9.17) is 5.40 Å². The zero-order chi connectivity index (χ0) is 10.3. The van der Waals surface area contributed by atoms with Crippen LogP contribution in [0.5, 0.6) is 0 Å². The molecule has 1 saturated carbocycles. The highest BCUT2D eigenvalue weighted by molar-refractivity contribution is 6.75. The molecule has 2 heteroatoms. The Bertz CT molecular complexity index is 275. The Hall–Kier alpha value is -0.343. The third kappa shape index (κ3) is 1.61. The highest BCUT2D eigenvalue weighted by Crippen LogP contribution is 2.51. The highest BCUT2D eigenvalue weighted by Gasteiger charge is 2.46. The summed E-state index contributed by atoms with van der Waals surface area (Å²) in [6, 6.07) is 0. The molecule has 0 aromatic heterocycles. The lowest BCUT2D eigenvalue weighted by atomic mass is 9.92. The molecule has 0 aromatic carbocycles. The van der Waals surface area contributed by atoms with Crippen LogP contribution in [-0.4, -0.2) is 8.24 Å². The smallest absolute Gasteiger partial charge is 0.120 e. The van der Waals surface area contributed by atoms with E-state index in [-0.39, 0.29) is 0 Å². The van der Waals surface area contributed by atoms with E-state index < -0.39 is 8.24 Å². The molecule has 0 radical (unpaired) electrons. The average Bonchev–Trinajstić information content (AvgIpc) is 2.38. The minimum atomic E-state index is -1.48. The first-order chi connectivity index (χ1) is 6.50. The largest absolute Gasteiger partial charge is 0.351 e. The zero-order valence-corrected chi connectivity index (χ0v) is 10.4. The van der Waals surface area contributed by atoms with Crippen LogP contribution in [0, 0.1) is 17.8 Å². The topological polar surface area (TPSA) is 26.0 Å². The Balaban J connectivity index is 2.26. The third-order valence-corrected chi connectivity index (χ3v) is 6.50. The van der Waals surface area contributed by atoms with Gasteiger partial charge >= 0.3 is 0 Å². The molecular formula is C12H21NSi. The van der Waals surface area contributed by atoms with Crippen molar-refractivity contribution in [3.63, 3.8) is 0 Å². The molecule has 0 bridgehead atoms. The van der Waals surface area contributed by atoms with Gasteiger partial charge in [-0.05, 0) is 29.7 Å². The van der Waals surface area contributed by atoms with Crippen LogP contribution in [-0.2, 0) is 0 Å². The summed E-state index contributed by atoms with van der Waals surface area (Å²) in [4.78, 5) is 0. The maximum absolute atomic E-state index is 6.42. The van der Waals surface area contributed by atoms with E-state index in [0.29, 0.717) is 0 Å². The molecule has 4 atom stereocenters. The first kappa shape index (κ1) is 10.2. The Labute approximate surface area is 88.2 Å². The van der Waals surface area contributed by atoms with Gasteiger partial charge in [-0.3, -0.25) is 0 Å². The standard InChI is InChI=1S/C12H21NSi/c1-9-8-10-6-4-5-7-11(10)12(9)14(2,3)13/h4-7,9-12H,8,13H2,1-3H3. The van der Waals surface area contributed by atoms with Gasteiger partial charge in [-0.25, -0.2) is 0 Å². The van der Waals surface area contributed by atoms with Crippen molar-refractivity contribution >= 4 is 8.24 Å². The van der Waals surface area contributed by atoms with E-state index >= 15 is 0 Å². The predicted octanol–water partition coefficient (Wildman–Crippen LogP) is 2.92. The molecule has 0 spiro atoms. The van der Waals surface area contributed by atoms with Crippen LogP contribution < -0.4 is 5.40 Å². The summed E-state index contributed by atoms with van der Waals surface area (Å²) in [6.45, 7) is 7.00. The fourth-order valence-corrected chi connectivity index (χ4v) is 6.43. The number of allylic oxidation sites excluding steroid dienone is 4. The monoisotopic (exact) mass is 207 g/mol. The van der Waals surface area contributed by atoms with Crippen LogP contribution in [0.3, 0.4) is 0 Å². The van der Waals surface area contributed by atoms with Crippen LogP contribution in [0.1, 0.15) is 13.3 Å². The molecular weight excluding hydrogens is 186 g/mol. The van der Waals surface area contributed by atoms with Crippen LogP contribution in [0.15, 0.2) is 24.3 Å². The zero-order valence-electron chi connectivity index (χ0n) is 9.40. The molecule has 0 amide bonds. The lowest BCUT2D eigenvalue weighted by Gasteiger charge is -2.33. The summed E-state index contributed by atoms with van der Waals surface area (Å²) in [5.74, 6) is 2.32. The Morgan fingerprint density at radius 1 is 1.21 bits per heavy atom. The van der Waals surface area contributed by atoms with Gasteiger partial charge in [0.25, 0.3) is 0 Å². The summed E-state index contributed by atoms with van der Waals surface area (Å²) < 4.78 is 0. The van der Waals surface area contributed by atoms with Gasteiger partial charge in [-0.1, -0.05) is 44.3 Å². The highest BCUT2D eigenvalue weighted by atomic mass is 28.3. The number of nitrogens with two attached hydrogens (primary N) is 1. The van der Waals surface area contributed by atoms with Crippen molar-refractivity contribution in [2.75, 3.05) is 0 Å². The summed E-state index contributed by atoms with van der Waals surface area (Å²) in [7, 11) is -1.48. The summed E-state index contributed by atoms with van der Waals surface area (Å²) >= 11 is 0. The lowest BCUT2D eigenvalue weighted by Crippen LogP contribution is -2.47. The molecule has 2 rings (SSSR count). The molecule has 2 aliphatic rings. The lowest BCUT2D eigenvalue weighted by molar-refractivity contribution is 0.541. The molecule has 1 nitrogen and oxygen atoms in total. The Morgan fingerprint density at radius 2 is 1.86 bits per heavy atom. The summed E-state index contributed by atoms with van der Waals surface area (Å²) in [6.07, 6.45) is 10.5. The minimum absolute atomic E-state index is 0.738. The Kier molecular flexibility index (Phi) is 2.44. The van der Waals surface area contributed by atoms with Crippen molar-refractivity contribution < 1.29 is 0 Å². The molecule has 0 aliphatic heterocycles. The number of hydrogen-bond donors (Lipinski definition) is 1. The maximum Gasteiger partial charge on any atom is 0.120 e. The molecule has 14 heavy (non-hydrogen) atoms. The van der Waals surface area contributed by atoms with E-state index in [1.807, 2.05) is 0 Å². The van der Waals surface area contributed by atoms with Gasteiger partial charge in [0.2, 0.25) is 0 Å². The quantitative estimate of drug-likeness (QED) is 0.657. The molecule has 0 saturated heterocycles. The summed E-state index contributed by atoms with van der Waals surface area (Å²) in [5, 5.41) is 6.42. The van der Waals surface area contributed by atoms with Crippen LogP contribution in [0.4, 0.5) is 0 Å². The van der Waals surface area contributed by atoms with Crippen molar-refractivity contribution in [1.82, 2.24) is 0 Å². The minimum Gasteiger partial charge on any atom is -0.351 e. The predicted molar refractivity (Wildman–Crippen MR) is 64.5 cm³/mol. The van der Waals surface area contributed by atoms with Gasteiger partial charge < -0.3 is 5.40 Å². The summed E-state index contributed by atoms with van der Waals surface area (Å²) in [5.41, 5.74) is 0.772. The second-order valence-electron chi connectivity index (χ2n) is 5.57. The second-order valence-corrected chi connectivity index (χ2v) is 9.88. The fraction of sp³-hybridized carbons (Fsp3) is 0.667. The SMILES string of the molecule is CC1CC2C=CC=CC2C1[Si](C)(C)N. The van der Waals surface area contributed by atoms with Gasteiger partial charge in [0.1, 0.15) is 8.24 Å². The fourth-order valence-electron chi connectivity index (χ4n) is 3.48. The first-order valence-electron chi connectivity index (χ1n) is 5.64. The van der Waals surface area contributed by atoms with Crippen molar-refractivity contribution in [3.8, 4) is 0 Å². The third-order valence-electron chi connectivity index (χ3n) is 3.83. The molecule has 0 heterocycles. The molecule has 78 valence electrons. The number of fused-ring (bicyclic) bond motifs is 1. The van der Waals surface area contributed by atoms with E-state index in [2.05, 4.69) is 44.3 Å². The second kappa shape index (κ2) is 3.35. The molecule has 2 aliphatic carbocycles. The average molecular weight is 207 g/mol. The molecule has 1 fully saturated rings. The normalized spacial score (nSPS) is 41.4.